The van der Waals surface area contributed by atoms with Crippen LogP contribution < -0.4 is 3.55 Å². The van der Waals surface area contributed by atoms with E-state index in [4.69, 9.17) is 0 Å². The first kappa shape index (κ1) is 7.64. The summed E-state index contributed by atoms with van der Waals surface area (Å²) in [5.74, 6) is 0. The summed E-state index contributed by atoms with van der Waals surface area (Å²) in [4.78, 5) is 2.76. The van der Waals surface area contributed by atoms with Crippen LogP contribution in [0, 0.1) is 0 Å². The molecule has 2 aromatic heterocycles. The molecule has 0 aliphatic heterocycles. The van der Waals surface area contributed by atoms with E-state index in [1.54, 1.807) is 11.3 Å². The molecule has 0 aromatic carbocycles. The van der Waals surface area contributed by atoms with Gasteiger partial charge in [0, 0.05) is 0 Å². The van der Waals surface area contributed by atoms with Gasteiger partial charge in [0.2, 0.25) is 0 Å². The van der Waals surface area contributed by atoms with Crippen molar-refractivity contribution in [2.45, 2.75) is 0 Å². The van der Waals surface area contributed by atoms with E-state index in [1.165, 1.54) is 13.3 Å². The van der Waals surface area contributed by atoms with Crippen LogP contribution in [0.3, 0.4) is 0 Å². The maximum absolute atomic E-state index is 2.19. The van der Waals surface area contributed by atoms with Gasteiger partial charge in [0.15, 0.2) is 0 Å². The van der Waals surface area contributed by atoms with Gasteiger partial charge in [-0.15, -0.1) is 0 Å². The van der Waals surface area contributed by atoms with Gasteiger partial charge in [0.25, 0.3) is 0 Å². The molecule has 3 heteroatoms. The molecule has 0 fully saturated rings. The molecule has 0 saturated heterocycles. The Labute approximate surface area is 83.1 Å². The first-order chi connectivity index (χ1) is 5.36. The minimum absolute atomic E-state index is 1.38. The monoisotopic (exact) mass is 172 g/mol. The molecule has 0 bridgehead atoms. The summed E-state index contributed by atoms with van der Waals surface area (Å²) >= 11 is 5.80. The summed E-state index contributed by atoms with van der Waals surface area (Å²) < 4.78 is 1.38. The van der Waals surface area contributed by atoms with Crippen molar-refractivity contribution in [2.75, 3.05) is 0 Å². The zero-order valence-corrected chi connectivity index (χ0v) is 7.84. The van der Waals surface area contributed by atoms with E-state index in [9.17, 15) is 0 Å². The normalized spacial score (nSPS) is 10.4. The topological polar surface area (TPSA) is 0 Å². The van der Waals surface area contributed by atoms with Gasteiger partial charge in [0.1, 0.15) is 0 Å². The molecule has 0 unspecified atom stereocenters. The summed E-state index contributed by atoms with van der Waals surface area (Å²) in [7, 11) is 0. The SMILES string of the molecule is [Li][c]1ccc(-c2cccs2)s1. The van der Waals surface area contributed by atoms with E-state index in [0.29, 0.717) is 0 Å². The van der Waals surface area contributed by atoms with E-state index in [2.05, 4.69) is 47.4 Å². The molecule has 11 heavy (non-hydrogen) atoms. The number of rotatable bonds is 1. The van der Waals surface area contributed by atoms with Gasteiger partial charge in [-0.25, -0.2) is 0 Å². The van der Waals surface area contributed by atoms with Crippen LogP contribution in [0.2, 0.25) is 0 Å². The average Bonchev–Trinajstić information content (AvgIpc) is 2.55. The first-order valence-electron chi connectivity index (χ1n) is 3.46. The van der Waals surface area contributed by atoms with E-state index < -0.39 is 0 Å². The fourth-order valence-electron chi connectivity index (χ4n) is 0.986. The Kier molecular flexibility index (Phi) is 2.20. The van der Waals surface area contributed by atoms with Crippen molar-refractivity contribution in [3.05, 3.63) is 29.6 Å². The van der Waals surface area contributed by atoms with E-state index in [1.807, 2.05) is 11.3 Å². The second-order valence-corrected chi connectivity index (χ2v) is 4.62. The van der Waals surface area contributed by atoms with Crippen LogP contribution in [0.15, 0.2) is 29.6 Å². The van der Waals surface area contributed by atoms with Crippen LogP contribution in [-0.4, -0.2) is 17.7 Å². The third kappa shape index (κ3) is 1.60. The predicted octanol–water partition coefficient (Wildman–Crippen LogP) is 2.27. The van der Waals surface area contributed by atoms with E-state index >= 15 is 0 Å². The van der Waals surface area contributed by atoms with Crippen LogP contribution in [0.5, 0.6) is 0 Å². The molecular weight excluding hydrogens is 167 g/mol. The summed E-state index contributed by atoms with van der Waals surface area (Å²) in [6.07, 6.45) is 0. The van der Waals surface area contributed by atoms with Crippen molar-refractivity contribution in [1.29, 1.82) is 0 Å². The second kappa shape index (κ2) is 3.16. The molecule has 0 aliphatic carbocycles. The van der Waals surface area contributed by atoms with Crippen molar-refractivity contribution < 1.29 is 0 Å². The van der Waals surface area contributed by atoms with Gasteiger partial charge in [-0.05, 0) is 0 Å². The van der Waals surface area contributed by atoms with Crippen molar-refractivity contribution in [3.8, 4) is 9.75 Å². The fraction of sp³-hybridized carbons (Fsp3) is 0. The van der Waals surface area contributed by atoms with Gasteiger partial charge in [-0.2, -0.15) is 0 Å². The fourth-order valence-corrected chi connectivity index (χ4v) is 2.69. The number of thiophene rings is 2. The zero-order chi connectivity index (χ0) is 7.68. The summed E-state index contributed by atoms with van der Waals surface area (Å²) in [6, 6.07) is 8.61. The molecule has 0 spiro atoms. The van der Waals surface area contributed by atoms with Crippen LogP contribution >= 0.6 is 22.7 Å². The molecule has 2 rings (SSSR count). The van der Waals surface area contributed by atoms with Crippen molar-refractivity contribution in [2.24, 2.45) is 0 Å². The molecule has 0 atom stereocenters. The van der Waals surface area contributed by atoms with Gasteiger partial charge >= 0.3 is 83.3 Å². The molecular formula is C8H5LiS2. The molecule has 0 N–H and O–H groups in total. The second-order valence-electron chi connectivity index (χ2n) is 2.39. The van der Waals surface area contributed by atoms with Crippen LogP contribution in [0.1, 0.15) is 0 Å². The van der Waals surface area contributed by atoms with E-state index in [0.717, 1.165) is 0 Å². The molecule has 0 aliphatic rings. The van der Waals surface area contributed by atoms with Crippen molar-refractivity contribution in [3.63, 3.8) is 0 Å². The van der Waals surface area contributed by atoms with Crippen LogP contribution in [-0.2, 0) is 0 Å². The first-order valence-corrected chi connectivity index (χ1v) is 5.16. The minimum atomic E-state index is 1.38. The molecule has 0 nitrogen and oxygen atoms in total. The molecule has 2 aromatic rings. The third-order valence-corrected chi connectivity index (χ3v) is 3.57. The van der Waals surface area contributed by atoms with Gasteiger partial charge in [-0.1, -0.05) is 0 Å². The van der Waals surface area contributed by atoms with Gasteiger partial charge in [-0.3, -0.25) is 0 Å². The van der Waals surface area contributed by atoms with E-state index in [-0.39, 0.29) is 0 Å². The predicted molar refractivity (Wildman–Crippen MR) is 53.0 cm³/mol. The number of hydrogen-bond acceptors (Lipinski definition) is 2. The Balaban J connectivity index is 2.45. The number of hydrogen-bond donors (Lipinski definition) is 0. The summed E-state index contributed by atoms with van der Waals surface area (Å²) in [5, 5.41) is 2.12. The summed E-state index contributed by atoms with van der Waals surface area (Å²) in [5.41, 5.74) is 0. The Morgan fingerprint density at radius 3 is 2.55 bits per heavy atom. The standard InChI is InChI=1S/C8H5S2.Li/c1-3-7(9-5-1)8-4-2-6-10-8;/h1-5H;. The molecule has 0 radical (unpaired) electrons. The molecule has 50 valence electrons. The van der Waals surface area contributed by atoms with Crippen molar-refractivity contribution >= 4 is 43.9 Å². The Hall–Kier alpha value is -0.00260. The van der Waals surface area contributed by atoms with Gasteiger partial charge < -0.3 is 0 Å². The molecule has 2 heterocycles. The molecule has 0 saturated carbocycles. The maximum atomic E-state index is 2.19. The Morgan fingerprint density at radius 1 is 1.09 bits per heavy atom. The zero-order valence-electron chi connectivity index (χ0n) is 6.20. The van der Waals surface area contributed by atoms with Gasteiger partial charge in [0.05, 0.1) is 0 Å². The van der Waals surface area contributed by atoms with Crippen LogP contribution in [0.4, 0.5) is 0 Å². The Morgan fingerprint density at radius 2 is 2.00 bits per heavy atom. The summed E-state index contributed by atoms with van der Waals surface area (Å²) in [6.45, 7) is 0. The average molecular weight is 172 g/mol. The Bertz CT molecular complexity index is 335. The quantitative estimate of drug-likeness (QED) is 0.579. The molecule has 0 amide bonds. The van der Waals surface area contributed by atoms with Crippen molar-refractivity contribution in [1.82, 2.24) is 0 Å². The third-order valence-electron chi connectivity index (χ3n) is 1.50. The van der Waals surface area contributed by atoms with Crippen LogP contribution in [0.25, 0.3) is 9.75 Å².